The zero-order chi connectivity index (χ0) is 21.8. The first-order chi connectivity index (χ1) is 13.4. The molecule has 0 bridgehead atoms. The zero-order valence-electron chi connectivity index (χ0n) is 15.5. The Kier molecular flexibility index (Phi) is 8.13. The minimum Gasteiger partial charge on any atom is -0.771 e. The van der Waals surface area contributed by atoms with Gasteiger partial charge in [0.15, 0.2) is 0 Å². The highest BCUT2D eigenvalue weighted by Gasteiger charge is 2.45. The summed E-state index contributed by atoms with van der Waals surface area (Å²) in [4.78, 5) is 12.3. The number of hydrogen-bond donors (Lipinski definition) is 1. The molecule has 2 aliphatic rings. The number of esters is 1. The minimum atomic E-state index is -5.14. The lowest BCUT2D eigenvalue weighted by molar-refractivity contribution is -0.206. The molecule has 0 aromatic heterocycles. The van der Waals surface area contributed by atoms with Gasteiger partial charge in [0.05, 0.1) is 12.3 Å². The van der Waals surface area contributed by atoms with Crippen molar-refractivity contribution in [2.24, 2.45) is 0 Å². The smallest absolute Gasteiger partial charge is 0.491 e. The molecule has 2 rings (SSSR count). The van der Waals surface area contributed by atoms with Crippen LogP contribution in [-0.4, -0.2) is 90.8 Å². The number of alkyl halides is 3. The molecule has 29 heavy (non-hydrogen) atoms. The molecule has 0 aromatic rings. The van der Waals surface area contributed by atoms with Crippen molar-refractivity contribution >= 4 is 27.8 Å². The Hall–Kier alpha value is -1.15. The van der Waals surface area contributed by atoms with Crippen molar-refractivity contribution < 1.29 is 31.1 Å². The normalized spacial score (nSPS) is 25.3. The largest absolute Gasteiger partial charge is 0.771 e. The molecule has 2 saturated heterocycles. The number of carbonyl (C=O) groups is 1. The average Bonchev–Trinajstić information content (AvgIpc) is 3.02. The first-order valence-electron chi connectivity index (χ1n) is 8.63. The second-order valence-electron chi connectivity index (χ2n) is 6.55. The third-order valence-electron chi connectivity index (χ3n) is 4.52. The van der Waals surface area contributed by atoms with Gasteiger partial charge in [-0.3, -0.25) is 5.43 Å². The molecule has 0 aliphatic carbocycles. The van der Waals surface area contributed by atoms with E-state index >= 15 is 0 Å². The van der Waals surface area contributed by atoms with Gasteiger partial charge < -0.3 is 15.1 Å². The number of carbonyl (C=O) groups excluding carboxylic acids is 1. The van der Waals surface area contributed by atoms with Gasteiger partial charge in [0.25, 0.3) is 0 Å². The van der Waals surface area contributed by atoms with E-state index < -0.39 is 39.8 Å². The maximum Gasteiger partial charge on any atom is 0.491 e. The number of ether oxygens (including phenoxy) is 1. The summed E-state index contributed by atoms with van der Waals surface area (Å²) in [7, 11) is -3.31. The molecule has 0 saturated carbocycles. The first-order valence-corrected chi connectivity index (χ1v) is 11.5. The van der Waals surface area contributed by atoms with Crippen LogP contribution in [-0.2, 0) is 19.6 Å². The van der Waals surface area contributed by atoms with Crippen LogP contribution >= 0.6 is 11.8 Å². The molecule has 166 valence electrons. The highest BCUT2D eigenvalue weighted by atomic mass is 32.2. The van der Waals surface area contributed by atoms with E-state index in [1.165, 1.54) is 9.21 Å². The van der Waals surface area contributed by atoms with Crippen LogP contribution in [0.5, 0.6) is 0 Å². The van der Waals surface area contributed by atoms with Crippen molar-refractivity contribution in [2.45, 2.75) is 36.7 Å². The van der Waals surface area contributed by atoms with Crippen LogP contribution in [0, 0.1) is 16.5 Å². The predicted molar refractivity (Wildman–Crippen MR) is 97.1 cm³/mol. The molecule has 0 spiro atoms. The monoisotopic (exact) mass is 460 g/mol. The van der Waals surface area contributed by atoms with Crippen LogP contribution in [0.4, 0.5) is 13.2 Å². The van der Waals surface area contributed by atoms with Crippen LogP contribution in [0.3, 0.4) is 0 Å². The summed E-state index contributed by atoms with van der Waals surface area (Å²) in [6, 6.07) is 0.716. The molecule has 0 radical (unpaired) electrons. The van der Waals surface area contributed by atoms with Crippen LogP contribution < -0.4 is 5.43 Å². The maximum atomic E-state index is 12.4. The number of rotatable bonds is 7. The Balaban J connectivity index is 1.82. The van der Waals surface area contributed by atoms with Gasteiger partial charge in [0, 0.05) is 38.0 Å². The fourth-order valence-corrected chi connectivity index (χ4v) is 5.06. The quantitative estimate of drug-likeness (QED) is 0.411. The van der Waals surface area contributed by atoms with E-state index in [0.29, 0.717) is 18.0 Å². The second-order valence-corrected chi connectivity index (χ2v) is 9.61. The summed E-state index contributed by atoms with van der Waals surface area (Å²) in [5.41, 5.74) is 1.30. The molecular weight excluding hydrogens is 439 g/mol. The number of nitrogens with one attached hydrogen (secondary N) is 1. The van der Waals surface area contributed by atoms with Crippen molar-refractivity contribution in [1.29, 1.82) is 5.26 Å². The van der Waals surface area contributed by atoms with Crippen molar-refractivity contribution in [1.82, 2.24) is 19.8 Å². The van der Waals surface area contributed by atoms with Crippen molar-refractivity contribution in [3.05, 3.63) is 5.21 Å². The standard InChI is InChI=1S/C14H21F3N5O5S2/c1-29(25,26)20-5-2-10(3-6-20)22(24)19-4-7-21-11(8-18)9-28-13(21)27-12(23)14(15,16)17/h10-11,13,19H,2-7,9H2,1H3/q-1. The fourth-order valence-electron chi connectivity index (χ4n) is 2.97. The summed E-state index contributed by atoms with van der Waals surface area (Å²) < 4.78 is 65.9. The van der Waals surface area contributed by atoms with E-state index in [4.69, 9.17) is 5.26 Å². The van der Waals surface area contributed by atoms with Crippen molar-refractivity contribution in [2.75, 3.05) is 38.2 Å². The average molecular weight is 460 g/mol. The Morgan fingerprint density at radius 1 is 1.41 bits per heavy atom. The molecule has 2 atom stereocenters. The molecule has 2 fully saturated rings. The summed E-state index contributed by atoms with van der Waals surface area (Å²) in [6.45, 7) is 0.452. The Bertz CT molecular complexity index is 724. The van der Waals surface area contributed by atoms with E-state index in [9.17, 15) is 31.6 Å². The SMILES string of the molecule is CS(=O)(=O)N1CCC(N([O-])NCCN2C(C#N)CSC2OC(=O)C(F)(F)F)CC1. The van der Waals surface area contributed by atoms with Crippen molar-refractivity contribution in [3.63, 3.8) is 0 Å². The first kappa shape index (κ1) is 24.1. The molecular formula is C14H21F3N5O5S2-. The van der Waals surface area contributed by atoms with Crippen LogP contribution in [0.15, 0.2) is 0 Å². The lowest BCUT2D eigenvalue weighted by atomic mass is 10.1. The van der Waals surface area contributed by atoms with E-state index in [1.54, 1.807) is 0 Å². The number of hydrogen-bond acceptors (Lipinski definition) is 10. The molecule has 1 N–H and O–H groups in total. The summed E-state index contributed by atoms with van der Waals surface area (Å²) >= 11 is 0.895. The Morgan fingerprint density at radius 3 is 2.55 bits per heavy atom. The summed E-state index contributed by atoms with van der Waals surface area (Å²) in [6.07, 6.45) is -3.38. The third-order valence-corrected chi connectivity index (χ3v) is 6.98. The van der Waals surface area contributed by atoms with Crippen molar-refractivity contribution in [3.8, 4) is 6.07 Å². The Labute approximate surface area is 170 Å². The number of hydrazine groups is 1. The van der Waals surface area contributed by atoms with Crippen LogP contribution in [0.25, 0.3) is 0 Å². The van der Waals surface area contributed by atoms with E-state index in [0.717, 1.165) is 18.0 Å². The molecule has 2 unspecified atom stereocenters. The lowest BCUT2D eigenvalue weighted by Crippen LogP contribution is -2.51. The van der Waals surface area contributed by atoms with E-state index in [-0.39, 0.29) is 31.9 Å². The number of hydroxylamine groups is 1. The zero-order valence-corrected chi connectivity index (χ0v) is 17.1. The highest BCUT2D eigenvalue weighted by Crippen LogP contribution is 2.31. The Morgan fingerprint density at radius 2 is 2.03 bits per heavy atom. The highest BCUT2D eigenvalue weighted by molar-refractivity contribution is 8.00. The summed E-state index contributed by atoms with van der Waals surface area (Å²) in [5, 5.41) is 21.9. The molecule has 2 heterocycles. The van der Waals surface area contributed by atoms with Gasteiger partial charge >= 0.3 is 12.1 Å². The molecule has 0 aromatic carbocycles. The van der Waals surface area contributed by atoms with Gasteiger partial charge in [-0.15, -0.1) is 0 Å². The second kappa shape index (κ2) is 9.77. The molecule has 15 heteroatoms. The topological polar surface area (TPSA) is 129 Å². The number of thioether (sulfide) groups is 1. The van der Waals surface area contributed by atoms with Gasteiger partial charge in [-0.25, -0.2) is 22.4 Å². The number of halogens is 3. The van der Waals surface area contributed by atoms with E-state index in [2.05, 4.69) is 10.2 Å². The van der Waals surface area contributed by atoms with Gasteiger partial charge in [-0.2, -0.15) is 18.4 Å². The van der Waals surface area contributed by atoms with Gasteiger partial charge in [-0.1, -0.05) is 11.8 Å². The lowest BCUT2D eigenvalue weighted by Gasteiger charge is -2.42. The number of sulfonamides is 1. The van der Waals surface area contributed by atoms with Crippen LogP contribution in [0.2, 0.25) is 0 Å². The fraction of sp³-hybridized carbons (Fsp3) is 0.857. The molecule has 0 amide bonds. The number of nitriles is 1. The van der Waals surface area contributed by atoms with Gasteiger partial charge in [-0.05, 0) is 12.8 Å². The van der Waals surface area contributed by atoms with Crippen LogP contribution in [0.1, 0.15) is 12.8 Å². The van der Waals surface area contributed by atoms with Gasteiger partial charge in [0.1, 0.15) is 6.04 Å². The minimum absolute atomic E-state index is 0.00194. The third kappa shape index (κ3) is 6.67. The summed E-state index contributed by atoms with van der Waals surface area (Å²) in [5.74, 6) is -2.17. The molecule has 2 aliphatic heterocycles. The molecule has 10 nitrogen and oxygen atoms in total. The number of piperidine rings is 1. The van der Waals surface area contributed by atoms with E-state index in [1.807, 2.05) is 6.07 Å². The predicted octanol–water partition coefficient (Wildman–Crippen LogP) is 0.0449. The maximum absolute atomic E-state index is 12.4. The van der Waals surface area contributed by atoms with Gasteiger partial charge in [0.2, 0.25) is 15.6 Å². The number of nitrogens with zero attached hydrogens (tertiary/aromatic N) is 4.